The molecule has 1 nitrogen and oxygen atoms in total. The average Bonchev–Trinajstić information content (AvgIpc) is 2.38. The number of hydrogen-bond acceptors (Lipinski definition) is 1. The molecule has 0 aliphatic carbocycles. The summed E-state index contributed by atoms with van der Waals surface area (Å²) in [4.78, 5) is 0. The number of aliphatic hydroxyl groups is 1. The maximum absolute atomic E-state index is 10.3. The molecule has 2 aromatic carbocycles. The van der Waals surface area contributed by atoms with Gasteiger partial charge in [0.25, 0.3) is 0 Å². The summed E-state index contributed by atoms with van der Waals surface area (Å²) in [6, 6.07) is 16.1. The van der Waals surface area contributed by atoms with E-state index in [-0.39, 0.29) is 0 Å². The van der Waals surface area contributed by atoms with Crippen LogP contribution in [-0.2, 0) is 6.42 Å². The molecule has 1 N–H and O–H groups in total. The van der Waals surface area contributed by atoms with Crippen LogP contribution in [0.5, 0.6) is 0 Å². The number of halogens is 1. The van der Waals surface area contributed by atoms with Crippen molar-refractivity contribution >= 4 is 22.6 Å². The molecule has 0 radical (unpaired) electrons. The lowest BCUT2D eigenvalue weighted by atomic mass is 9.99. The molecule has 0 heterocycles. The summed E-state index contributed by atoms with van der Waals surface area (Å²) < 4.78 is 1.14. The second-order valence-corrected chi connectivity index (χ2v) is 5.30. The summed E-state index contributed by atoms with van der Waals surface area (Å²) in [5, 5.41) is 10.3. The molecule has 88 valence electrons. The van der Waals surface area contributed by atoms with Gasteiger partial charge in [0.05, 0.1) is 0 Å². The highest BCUT2D eigenvalue weighted by Gasteiger charge is 2.10. The summed E-state index contributed by atoms with van der Waals surface area (Å²) in [6.07, 6.45) is 0.462. The molecule has 2 rings (SSSR count). The van der Waals surface area contributed by atoms with Crippen molar-refractivity contribution in [1.82, 2.24) is 0 Å². The average molecular weight is 338 g/mol. The van der Waals surface area contributed by atoms with Crippen LogP contribution in [0.3, 0.4) is 0 Å². The van der Waals surface area contributed by atoms with E-state index in [0.29, 0.717) is 0 Å². The lowest BCUT2D eigenvalue weighted by molar-refractivity contribution is 0.220. The van der Waals surface area contributed by atoms with E-state index >= 15 is 0 Å². The zero-order valence-corrected chi connectivity index (χ0v) is 11.9. The van der Waals surface area contributed by atoms with Crippen LogP contribution in [0.15, 0.2) is 48.5 Å². The molecule has 0 amide bonds. The Bertz CT molecular complexity index is 508. The van der Waals surface area contributed by atoms with Gasteiger partial charge in [-0.3, -0.25) is 0 Å². The predicted octanol–water partition coefficient (Wildman–Crippen LogP) is 3.94. The van der Waals surface area contributed by atoms with Crippen LogP contribution in [-0.4, -0.2) is 5.11 Å². The largest absolute Gasteiger partial charge is 0.384 e. The second-order valence-electron chi connectivity index (χ2n) is 4.06. The van der Waals surface area contributed by atoms with Gasteiger partial charge in [-0.05, 0) is 57.8 Å². The van der Waals surface area contributed by atoms with E-state index in [1.165, 1.54) is 5.56 Å². The summed E-state index contributed by atoms with van der Waals surface area (Å²) in [6.45, 7) is 2.12. The highest BCUT2D eigenvalue weighted by atomic mass is 127. The first kappa shape index (κ1) is 12.6. The zero-order valence-electron chi connectivity index (χ0n) is 9.73. The van der Waals surface area contributed by atoms with Crippen molar-refractivity contribution in [3.05, 3.63) is 68.8 Å². The Balaban J connectivity index is 2.33. The van der Waals surface area contributed by atoms with E-state index in [2.05, 4.69) is 41.6 Å². The molecule has 0 aromatic heterocycles. The molecule has 0 aliphatic heterocycles. The third-order valence-corrected chi connectivity index (χ3v) is 3.51. The molecule has 2 aromatic rings. The van der Waals surface area contributed by atoms with Crippen LogP contribution < -0.4 is 0 Å². The summed E-state index contributed by atoms with van der Waals surface area (Å²) in [5.41, 5.74) is 3.17. The third-order valence-electron chi connectivity index (χ3n) is 2.84. The monoisotopic (exact) mass is 338 g/mol. The molecular formula is C15H15IO. The molecule has 17 heavy (non-hydrogen) atoms. The maximum Gasteiger partial charge on any atom is 0.104 e. The highest BCUT2D eigenvalue weighted by molar-refractivity contribution is 14.1. The van der Waals surface area contributed by atoms with Gasteiger partial charge in [0.1, 0.15) is 6.10 Å². The molecule has 0 saturated carbocycles. The second kappa shape index (κ2) is 5.65. The van der Waals surface area contributed by atoms with Gasteiger partial charge >= 0.3 is 0 Å². The molecule has 1 unspecified atom stereocenters. The van der Waals surface area contributed by atoms with Crippen molar-refractivity contribution in [2.75, 3.05) is 0 Å². The van der Waals surface area contributed by atoms with Gasteiger partial charge in [-0.1, -0.05) is 43.3 Å². The van der Waals surface area contributed by atoms with Crippen LogP contribution in [0, 0.1) is 3.57 Å². The minimum atomic E-state index is -0.531. The first-order valence-corrected chi connectivity index (χ1v) is 6.81. The Morgan fingerprint density at radius 3 is 2.35 bits per heavy atom. The minimum absolute atomic E-state index is 0.531. The van der Waals surface area contributed by atoms with Crippen LogP contribution in [0.2, 0.25) is 0 Å². The van der Waals surface area contributed by atoms with Crippen molar-refractivity contribution in [2.24, 2.45) is 0 Å². The molecule has 1 atom stereocenters. The summed E-state index contributed by atoms with van der Waals surface area (Å²) in [7, 11) is 0. The Labute approximate surface area is 116 Å². The van der Waals surface area contributed by atoms with Crippen LogP contribution >= 0.6 is 22.6 Å². The maximum atomic E-state index is 10.3. The van der Waals surface area contributed by atoms with Gasteiger partial charge in [-0.15, -0.1) is 0 Å². The fourth-order valence-electron chi connectivity index (χ4n) is 1.85. The third kappa shape index (κ3) is 3.07. The van der Waals surface area contributed by atoms with Crippen molar-refractivity contribution in [3.8, 4) is 0 Å². The van der Waals surface area contributed by atoms with Gasteiger partial charge in [0, 0.05) is 3.57 Å². The standard InChI is InChI=1S/C15H15IO/c1-2-11-5-3-6-12(9-11)15(17)13-7-4-8-14(16)10-13/h3-10,15,17H,2H2,1H3. The molecule has 0 spiro atoms. The van der Waals surface area contributed by atoms with Crippen LogP contribution in [0.25, 0.3) is 0 Å². The van der Waals surface area contributed by atoms with E-state index in [9.17, 15) is 5.11 Å². The van der Waals surface area contributed by atoms with Crippen LogP contribution in [0.4, 0.5) is 0 Å². The molecule has 0 aliphatic rings. The van der Waals surface area contributed by atoms with Crippen molar-refractivity contribution in [2.45, 2.75) is 19.4 Å². The number of hydrogen-bond donors (Lipinski definition) is 1. The Kier molecular flexibility index (Phi) is 4.18. The lowest BCUT2D eigenvalue weighted by Crippen LogP contribution is -2.00. The fourth-order valence-corrected chi connectivity index (χ4v) is 2.42. The first-order chi connectivity index (χ1) is 8.20. The van der Waals surface area contributed by atoms with Gasteiger partial charge in [0.2, 0.25) is 0 Å². The van der Waals surface area contributed by atoms with Crippen molar-refractivity contribution in [3.63, 3.8) is 0 Å². The fraction of sp³-hybridized carbons (Fsp3) is 0.200. The van der Waals surface area contributed by atoms with E-state index in [1.807, 2.05) is 36.4 Å². The molecule has 0 bridgehead atoms. The normalized spacial score (nSPS) is 12.4. The van der Waals surface area contributed by atoms with E-state index in [4.69, 9.17) is 0 Å². The SMILES string of the molecule is CCc1cccc(C(O)c2cccc(I)c2)c1. The number of benzene rings is 2. The zero-order chi connectivity index (χ0) is 12.3. The van der Waals surface area contributed by atoms with Crippen LogP contribution in [0.1, 0.15) is 29.7 Å². The Morgan fingerprint density at radius 2 is 1.71 bits per heavy atom. The highest BCUT2D eigenvalue weighted by Crippen LogP contribution is 2.24. The molecule has 0 saturated heterocycles. The summed E-state index contributed by atoms with van der Waals surface area (Å²) in [5.74, 6) is 0. The molecular weight excluding hydrogens is 323 g/mol. The number of aliphatic hydroxyl groups excluding tert-OH is 1. The predicted molar refractivity (Wildman–Crippen MR) is 79.0 cm³/mol. The van der Waals surface area contributed by atoms with E-state index in [0.717, 1.165) is 21.1 Å². The smallest absolute Gasteiger partial charge is 0.104 e. The van der Waals surface area contributed by atoms with Crippen molar-refractivity contribution in [1.29, 1.82) is 0 Å². The van der Waals surface area contributed by atoms with Crippen molar-refractivity contribution < 1.29 is 5.11 Å². The van der Waals surface area contributed by atoms with Gasteiger partial charge < -0.3 is 5.11 Å². The van der Waals surface area contributed by atoms with E-state index < -0.39 is 6.10 Å². The quantitative estimate of drug-likeness (QED) is 0.841. The lowest BCUT2D eigenvalue weighted by Gasteiger charge is -2.12. The van der Waals surface area contributed by atoms with Gasteiger partial charge in [0.15, 0.2) is 0 Å². The Morgan fingerprint density at radius 1 is 1.06 bits per heavy atom. The van der Waals surface area contributed by atoms with Gasteiger partial charge in [-0.2, -0.15) is 0 Å². The summed E-state index contributed by atoms with van der Waals surface area (Å²) >= 11 is 2.26. The van der Waals surface area contributed by atoms with Gasteiger partial charge in [-0.25, -0.2) is 0 Å². The minimum Gasteiger partial charge on any atom is -0.384 e. The first-order valence-electron chi connectivity index (χ1n) is 5.73. The Hall–Kier alpha value is -0.870. The molecule has 2 heteroatoms. The van der Waals surface area contributed by atoms with E-state index in [1.54, 1.807) is 0 Å². The number of rotatable bonds is 3. The molecule has 0 fully saturated rings. The topological polar surface area (TPSA) is 20.2 Å². The number of aryl methyl sites for hydroxylation is 1.